The highest BCUT2D eigenvalue weighted by Crippen LogP contribution is 2.23. The summed E-state index contributed by atoms with van der Waals surface area (Å²) in [5.41, 5.74) is 8.44. The first-order chi connectivity index (χ1) is 9.21. The number of rotatable bonds is 9. The third-order valence-electron chi connectivity index (χ3n) is 3.07. The summed E-state index contributed by atoms with van der Waals surface area (Å²) >= 11 is 0. The lowest BCUT2D eigenvalue weighted by molar-refractivity contribution is 0.134. The average Bonchev–Trinajstić information content (AvgIpc) is 2.43. The van der Waals surface area contributed by atoms with Gasteiger partial charge in [-0.3, -0.25) is 0 Å². The Bertz CT molecular complexity index is 371. The molecule has 1 aromatic carbocycles. The first-order valence-electron chi connectivity index (χ1n) is 7.29. The molecule has 0 radical (unpaired) electrons. The zero-order valence-electron chi connectivity index (χ0n) is 12.9. The molecular weight excluding hydrogens is 274 g/mol. The van der Waals surface area contributed by atoms with Gasteiger partial charge in [0, 0.05) is 12.6 Å². The second-order valence-corrected chi connectivity index (χ2v) is 4.80. The van der Waals surface area contributed by atoms with Gasteiger partial charge in [-0.2, -0.15) is 0 Å². The quantitative estimate of drug-likeness (QED) is 0.756. The molecule has 0 bridgehead atoms. The van der Waals surface area contributed by atoms with E-state index in [1.807, 2.05) is 13.0 Å². The summed E-state index contributed by atoms with van der Waals surface area (Å²) in [5, 5.41) is 0. The highest BCUT2D eigenvalue weighted by Gasteiger charge is 2.09. The molecule has 2 N–H and O–H groups in total. The van der Waals surface area contributed by atoms with Crippen LogP contribution in [-0.4, -0.2) is 19.3 Å². The monoisotopic (exact) mass is 301 g/mol. The Hall–Kier alpha value is -0.770. The maximum absolute atomic E-state index is 6.07. The number of hydrogen-bond acceptors (Lipinski definition) is 3. The van der Waals surface area contributed by atoms with Gasteiger partial charge in [0.15, 0.2) is 0 Å². The van der Waals surface area contributed by atoms with Crippen molar-refractivity contribution in [1.29, 1.82) is 0 Å². The second kappa shape index (κ2) is 11.0. The van der Waals surface area contributed by atoms with E-state index in [4.69, 9.17) is 15.2 Å². The van der Waals surface area contributed by atoms with Crippen molar-refractivity contribution in [2.24, 2.45) is 5.73 Å². The molecule has 0 heterocycles. The molecule has 0 aromatic heterocycles. The molecule has 1 unspecified atom stereocenters. The van der Waals surface area contributed by atoms with Crippen molar-refractivity contribution >= 4 is 12.4 Å². The SMILES string of the molecule is CCCOc1ccc(COCC)cc1CC(N)CC.Cl. The van der Waals surface area contributed by atoms with E-state index in [2.05, 4.69) is 26.0 Å². The van der Waals surface area contributed by atoms with Gasteiger partial charge >= 0.3 is 0 Å². The number of ether oxygens (including phenoxy) is 2. The molecule has 0 fully saturated rings. The topological polar surface area (TPSA) is 44.5 Å². The van der Waals surface area contributed by atoms with Gasteiger partial charge in [0.2, 0.25) is 0 Å². The Balaban J connectivity index is 0.00000361. The van der Waals surface area contributed by atoms with Crippen LogP contribution in [0.15, 0.2) is 18.2 Å². The van der Waals surface area contributed by atoms with Gasteiger partial charge in [-0.1, -0.05) is 19.9 Å². The van der Waals surface area contributed by atoms with Crippen LogP contribution >= 0.6 is 12.4 Å². The summed E-state index contributed by atoms with van der Waals surface area (Å²) < 4.78 is 11.2. The summed E-state index contributed by atoms with van der Waals surface area (Å²) in [6.45, 7) is 8.37. The van der Waals surface area contributed by atoms with Gasteiger partial charge in [-0.25, -0.2) is 0 Å². The number of halogens is 1. The van der Waals surface area contributed by atoms with Crippen molar-refractivity contribution in [2.75, 3.05) is 13.2 Å². The van der Waals surface area contributed by atoms with Crippen molar-refractivity contribution in [3.05, 3.63) is 29.3 Å². The van der Waals surface area contributed by atoms with Crippen LogP contribution in [0.4, 0.5) is 0 Å². The van der Waals surface area contributed by atoms with Gasteiger partial charge in [-0.15, -0.1) is 12.4 Å². The van der Waals surface area contributed by atoms with Crippen molar-refractivity contribution in [2.45, 2.75) is 52.7 Å². The van der Waals surface area contributed by atoms with E-state index in [0.29, 0.717) is 6.61 Å². The molecule has 0 amide bonds. The highest BCUT2D eigenvalue weighted by molar-refractivity contribution is 5.85. The zero-order chi connectivity index (χ0) is 14.1. The molecule has 1 rings (SSSR count). The maximum Gasteiger partial charge on any atom is 0.122 e. The number of nitrogens with two attached hydrogens (primary N) is 1. The smallest absolute Gasteiger partial charge is 0.122 e. The Morgan fingerprint density at radius 1 is 1.20 bits per heavy atom. The summed E-state index contributed by atoms with van der Waals surface area (Å²) in [6, 6.07) is 6.46. The fourth-order valence-electron chi connectivity index (χ4n) is 1.88. The molecule has 20 heavy (non-hydrogen) atoms. The molecule has 0 aliphatic heterocycles. The molecule has 4 heteroatoms. The Labute approximate surface area is 129 Å². The molecule has 0 saturated carbocycles. The molecule has 1 aromatic rings. The second-order valence-electron chi connectivity index (χ2n) is 4.80. The summed E-state index contributed by atoms with van der Waals surface area (Å²) in [4.78, 5) is 0. The zero-order valence-corrected chi connectivity index (χ0v) is 13.7. The fourth-order valence-corrected chi connectivity index (χ4v) is 1.88. The molecular formula is C16H28ClNO2. The number of benzene rings is 1. The third-order valence-corrected chi connectivity index (χ3v) is 3.07. The van der Waals surface area contributed by atoms with Crippen molar-refractivity contribution in [3.63, 3.8) is 0 Å². The largest absolute Gasteiger partial charge is 0.493 e. The van der Waals surface area contributed by atoms with E-state index in [1.54, 1.807) is 0 Å². The van der Waals surface area contributed by atoms with E-state index < -0.39 is 0 Å². The lowest BCUT2D eigenvalue weighted by Gasteiger charge is -2.15. The number of hydrogen-bond donors (Lipinski definition) is 1. The third kappa shape index (κ3) is 6.60. The van der Waals surface area contributed by atoms with Gasteiger partial charge < -0.3 is 15.2 Å². The normalized spacial score (nSPS) is 11.8. The predicted octanol–water partition coefficient (Wildman–Crippen LogP) is 3.71. The van der Waals surface area contributed by atoms with E-state index in [0.717, 1.165) is 38.2 Å². The minimum atomic E-state index is 0. The van der Waals surface area contributed by atoms with Crippen LogP contribution in [0, 0.1) is 0 Å². The van der Waals surface area contributed by atoms with E-state index >= 15 is 0 Å². The Kier molecular flexibility index (Phi) is 10.5. The predicted molar refractivity (Wildman–Crippen MR) is 86.8 cm³/mol. The standard InChI is InChI=1S/C16H27NO2.ClH/c1-4-9-19-16-8-7-13(12-18-6-3)10-14(16)11-15(17)5-2;/h7-8,10,15H,4-6,9,11-12,17H2,1-3H3;1H. The minimum absolute atomic E-state index is 0. The first-order valence-corrected chi connectivity index (χ1v) is 7.29. The van der Waals surface area contributed by atoms with Crippen LogP contribution in [0.2, 0.25) is 0 Å². The molecule has 0 spiro atoms. The van der Waals surface area contributed by atoms with Gasteiger partial charge in [-0.05, 0) is 49.4 Å². The van der Waals surface area contributed by atoms with Crippen LogP contribution in [0.25, 0.3) is 0 Å². The molecule has 0 saturated heterocycles. The van der Waals surface area contributed by atoms with Crippen molar-refractivity contribution < 1.29 is 9.47 Å². The van der Waals surface area contributed by atoms with E-state index in [9.17, 15) is 0 Å². The molecule has 1 atom stereocenters. The summed E-state index contributed by atoms with van der Waals surface area (Å²) in [7, 11) is 0. The van der Waals surface area contributed by atoms with Crippen LogP contribution in [0.3, 0.4) is 0 Å². The first kappa shape index (κ1) is 19.2. The van der Waals surface area contributed by atoms with Crippen LogP contribution in [-0.2, 0) is 17.8 Å². The maximum atomic E-state index is 6.07. The molecule has 3 nitrogen and oxygen atoms in total. The lowest BCUT2D eigenvalue weighted by atomic mass is 10.0. The van der Waals surface area contributed by atoms with Crippen molar-refractivity contribution in [1.82, 2.24) is 0 Å². The summed E-state index contributed by atoms with van der Waals surface area (Å²) in [5.74, 6) is 0.964. The van der Waals surface area contributed by atoms with Crippen LogP contribution < -0.4 is 10.5 Å². The lowest BCUT2D eigenvalue weighted by Crippen LogP contribution is -2.22. The van der Waals surface area contributed by atoms with Gasteiger partial charge in [0.1, 0.15) is 5.75 Å². The van der Waals surface area contributed by atoms with Crippen LogP contribution in [0.5, 0.6) is 5.75 Å². The van der Waals surface area contributed by atoms with Gasteiger partial charge in [0.25, 0.3) is 0 Å². The molecule has 0 aliphatic carbocycles. The Morgan fingerprint density at radius 2 is 1.95 bits per heavy atom. The molecule has 116 valence electrons. The van der Waals surface area contributed by atoms with Crippen molar-refractivity contribution in [3.8, 4) is 5.75 Å². The minimum Gasteiger partial charge on any atom is -0.493 e. The molecule has 0 aliphatic rings. The Morgan fingerprint density at radius 3 is 2.55 bits per heavy atom. The van der Waals surface area contributed by atoms with E-state index in [-0.39, 0.29) is 18.4 Å². The average molecular weight is 302 g/mol. The van der Waals surface area contributed by atoms with Crippen LogP contribution in [0.1, 0.15) is 44.7 Å². The fraction of sp³-hybridized carbons (Fsp3) is 0.625. The van der Waals surface area contributed by atoms with E-state index in [1.165, 1.54) is 11.1 Å². The van der Waals surface area contributed by atoms with Gasteiger partial charge in [0.05, 0.1) is 13.2 Å². The summed E-state index contributed by atoms with van der Waals surface area (Å²) in [6.07, 6.45) is 2.85. The highest BCUT2D eigenvalue weighted by atomic mass is 35.5.